The average molecular weight is 781 g/mol. The summed E-state index contributed by atoms with van der Waals surface area (Å²) in [7, 11) is 0. The number of fused-ring (bicyclic) bond motifs is 7. The number of hydrogen-bond donors (Lipinski definition) is 8. The molecule has 2 saturated heterocycles. The van der Waals surface area contributed by atoms with Crippen molar-refractivity contribution < 1.29 is 64.6 Å². The van der Waals surface area contributed by atoms with Crippen LogP contribution in [0.5, 0.6) is 0 Å². The summed E-state index contributed by atoms with van der Waals surface area (Å²) in [6.45, 7) is 16.6. The number of esters is 1. The summed E-state index contributed by atoms with van der Waals surface area (Å²) in [6, 6.07) is 0. The third-order valence-corrected chi connectivity index (χ3v) is 17.1. The smallest absolute Gasteiger partial charge is 0.315 e. The van der Waals surface area contributed by atoms with E-state index in [9.17, 15) is 45.6 Å². The Morgan fingerprint density at radius 1 is 0.782 bits per heavy atom. The SMILES string of the molecule is CC1OC(OC2C(OC(=O)C34CCC(C)(C)CC3C3=CCC5C6(C)CC(O)C(O)C(C)(C)C6CCC5(C)C3(C)CC4)OC(CO)C(O)C2O)C(O)C(O)C1O. The van der Waals surface area contributed by atoms with Crippen LogP contribution in [-0.4, -0.2) is 127 Å². The van der Waals surface area contributed by atoms with Crippen molar-refractivity contribution in [1.29, 1.82) is 0 Å². The first kappa shape index (κ1) is 41.9. The van der Waals surface area contributed by atoms with Crippen molar-refractivity contribution in [3.8, 4) is 0 Å². The fraction of sp³-hybridized carbons (Fsp3) is 0.929. The van der Waals surface area contributed by atoms with Crippen LogP contribution in [0.2, 0.25) is 0 Å². The molecule has 19 atom stereocenters. The van der Waals surface area contributed by atoms with Gasteiger partial charge in [0.25, 0.3) is 0 Å². The van der Waals surface area contributed by atoms with E-state index >= 15 is 0 Å². The van der Waals surface area contributed by atoms with Crippen LogP contribution in [0.1, 0.15) is 113 Å². The van der Waals surface area contributed by atoms with E-state index < -0.39 is 97.0 Å². The largest absolute Gasteiger partial charge is 0.432 e. The molecule has 7 aliphatic rings. The second-order valence-electron chi connectivity index (χ2n) is 20.8. The number of ether oxygens (including phenoxy) is 4. The molecule has 0 bridgehead atoms. The number of aliphatic hydroxyl groups excluding tert-OH is 8. The van der Waals surface area contributed by atoms with Crippen LogP contribution in [0, 0.1) is 50.2 Å². The van der Waals surface area contributed by atoms with E-state index in [1.165, 1.54) is 12.5 Å². The summed E-state index contributed by atoms with van der Waals surface area (Å²) in [6.07, 6.45) is -7.62. The number of allylic oxidation sites excluding steroid dienone is 2. The van der Waals surface area contributed by atoms with Crippen LogP contribution in [0.4, 0.5) is 0 Å². The lowest BCUT2D eigenvalue weighted by atomic mass is 9.33. The molecule has 314 valence electrons. The van der Waals surface area contributed by atoms with Crippen molar-refractivity contribution >= 4 is 5.97 Å². The van der Waals surface area contributed by atoms with Gasteiger partial charge in [-0.2, -0.15) is 0 Å². The molecule has 6 fully saturated rings. The minimum absolute atomic E-state index is 0.0611. The molecule has 8 N–H and O–H groups in total. The number of hydrogen-bond acceptors (Lipinski definition) is 13. The van der Waals surface area contributed by atoms with Gasteiger partial charge in [0.2, 0.25) is 6.29 Å². The van der Waals surface area contributed by atoms with E-state index in [1.807, 2.05) is 0 Å². The minimum atomic E-state index is -1.73. The second-order valence-corrected chi connectivity index (χ2v) is 20.8. The van der Waals surface area contributed by atoms with Gasteiger partial charge in [-0.1, -0.05) is 60.1 Å². The van der Waals surface area contributed by atoms with Crippen molar-refractivity contribution in [3.05, 3.63) is 11.6 Å². The number of rotatable bonds is 5. The van der Waals surface area contributed by atoms with Crippen molar-refractivity contribution in [2.24, 2.45) is 50.2 Å². The molecule has 55 heavy (non-hydrogen) atoms. The molecule has 0 spiro atoms. The van der Waals surface area contributed by atoms with Crippen LogP contribution < -0.4 is 0 Å². The lowest BCUT2D eigenvalue weighted by molar-refractivity contribution is -0.361. The normalized spacial score (nSPS) is 54.5. The van der Waals surface area contributed by atoms with Gasteiger partial charge in [-0.05, 0) is 110 Å². The molecule has 0 amide bonds. The summed E-state index contributed by atoms with van der Waals surface area (Å²) in [5.74, 6) is -0.159. The van der Waals surface area contributed by atoms with Gasteiger partial charge in [0.15, 0.2) is 12.4 Å². The van der Waals surface area contributed by atoms with Crippen LogP contribution in [0.3, 0.4) is 0 Å². The van der Waals surface area contributed by atoms with E-state index in [4.69, 9.17) is 18.9 Å². The van der Waals surface area contributed by atoms with Crippen molar-refractivity contribution in [1.82, 2.24) is 0 Å². The molecular formula is C42H68O13. The zero-order valence-corrected chi connectivity index (χ0v) is 33.9. The summed E-state index contributed by atoms with van der Waals surface area (Å²) in [5.41, 5.74) is -0.716. The summed E-state index contributed by atoms with van der Waals surface area (Å²) in [5, 5.41) is 85.9. The highest BCUT2D eigenvalue weighted by Crippen LogP contribution is 2.76. The molecule has 0 radical (unpaired) electrons. The van der Waals surface area contributed by atoms with E-state index in [0.717, 1.165) is 38.5 Å². The maximum atomic E-state index is 15.0. The first-order valence-electron chi connectivity index (χ1n) is 20.7. The van der Waals surface area contributed by atoms with Gasteiger partial charge in [0.05, 0.1) is 30.3 Å². The summed E-state index contributed by atoms with van der Waals surface area (Å²) in [4.78, 5) is 15.0. The van der Waals surface area contributed by atoms with Gasteiger partial charge >= 0.3 is 5.97 Å². The fourth-order valence-corrected chi connectivity index (χ4v) is 13.5. The molecule has 2 heterocycles. The molecular weight excluding hydrogens is 712 g/mol. The maximum Gasteiger partial charge on any atom is 0.315 e. The van der Waals surface area contributed by atoms with E-state index in [2.05, 4.69) is 54.5 Å². The standard InChI is InChI=1S/C42H68O13/c1-20-27(45)29(47)31(49)34(52-20)54-32-30(48)28(46)24(19-43)53-35(32)55-36(51)42-15-13-37(2,3)17-22(42)21-9-10-26-39(6)18-23(44)33(50)38(4,5)25(39)11-12-41(26,8)40(21,7)14-16-42/h9,20,22-35,43-50H,10-19H2,1-8H3. The van der Waals surface area contributed by atoms with Gasteiger partial charge in [0.1, 0.15) is 36.6 Å². The van der Waals surface area contributed by atoms with Crippen LogP contribution in [0.15, 0.2) is 11.6 Å². The van der Waals surface area contributed by atoms with Crippen LogP contribution in [-0.2, 0) is 23.7 Å². The van der Waals surface area contributed by atoms with Gasteiger partial charge in [0, 0.05) is 0 Å². The van der Waals surface area contributed by atoms with Crippen molar-refractivity contribution in [2.45, 2.75) is 187 Å². The molecule has 4 saturated carbocycles. The van der Waals surface area contributed by atoms with E-state index in [1.54, 1.807) is 0 Å². The van der Waals surface area contributed by atoms with Gasteiger partial charge in [-0.25, -0.2) is 0 Å². The predicted octanol–water partition coefficient (Wildman–Crippen LogP) is 2.31. The molecule has 13 nitrogen and oxygen atoms in total. The van der Waals surface area contributed by atoms with Crippen LogP contribution in [0.25, 0.3) is 0 Å². The van der Waals surface area contributed by atoms with Crippen molar-refractivity contribution in [3.63, 3.8) is 0 Å². The number of carbonyl (C=O) groups excluding carboxylic acids is 1. The zero-order chi connectivity index (χ0) is 40.4. The highest BCUT2D eigenvalue weighted by molar-refractivity contribution is 5.79. The minimum Gasteiger partial charge on any atom is -0.432 e. The zero-order valence-electron chi connectivity index (χ0n) is 33.9. The number of carbonyl (C=O) groups is 1. The Kier molecular flexibility index (Phi) is 10.6. The highest BCUT2D eigenvalue weighted by atomic mass is 16.8. The lowest BCUT2D eigenvalue weighted by Crippen LogP contribution is -2.67. The predicted molar refractivity (Wildman–Crippen MR) is 198 cm³/mol. The molecule has 0 aromatic rings. The topological polar surface area (TPSA) is 216 Å². The first-order chi connectivity index (χ1) is 25.5. The third-order valence-electron chi connectivity index (χ3n) is 17.1. The van der Waals surface area contributed by atoms with E-state index in [0.29, 0.717) is 19.3 Å². The van der Waals surface area contributed by atoms with E-state index in [-0.39, 0.29) is 39.4 Å². The first-order valence-corrected chi connectivity index (χ1v) is 20.7. The third kappa shape index (κ3) is 6.15. The highest BCUT2D eigenvalue weighted by Gasteiger charge is 2.70. The molecule has 19 unspecified atom stereocenters. The molecule has 7 rings (SSSR count). The Hall–Kier alpha value is -1.23. The van der Waals surface area contributed by atoms with Gasteiger partial charge in [-0.15, -0.1) is 0 Å². The fourth-order valence-electron chi connectivity index (χ4n) is 13.5. The van der Waals surface area contributed by atoms with Crippen LogP contribution >= 0.6 is 0 Å². The Bertz CT molecular complexity index is 1500. The molecule has 0 aromatic carbocycles. The Labute approximate surface area is 325 Å². The Morgan fingerprint density at radius 3 is 2.13 bits per heavy atom. The summed E-state index contributed by atoms with van der Waals surface area (Å²) < 4.78 is 23.8. The molecule has 2 aliphatic heterocycles. The number of aliphatic hydroxyl groups is 8. The summed E-state index contributed by atoms with van der Waals surface area (Å²) >= 11 is 0. The average Bonchev–Trinajstić information content (AvgIpc) is 3.11. The quantitative estimate of drug-likeness (QED) is 0.149. The molecule has 0 aromatic heterocycles. The molecule has 13 heteroatoms. The second kappa shape index (κ2) is 13.9. The van der Waals surface area contributed by atoms with Gasteiger partial charge < -0.3 is 59.8 Å². The van der Waals surface area contributed by atoms with Gasteiger partial charge in [-0.3, -0.25) is 4.79 Å². The lowest BCUT2D eigenvalue weighted by Gasteiger charge is -2.71. The maximum absolute atomic E-state index is 15.0. The monoisotopic (exact) mass is 780 g/mol. The van der Waals surface area contributed by atoms with Crippen molar-refractivity contribution in [2.75, 3.05) is 6.61 Å². The Morgan fingerprint density at radius 2 is 1.45 bits per heavy atom. The molecule has 5 aliphatic carbocycles. The Balaban J connectivity index is 1.21.